The van der Waals surface area contributed by atoms with Gasteiger partial charge in [0.2, 0.25) is 0 Å². The Morgan fingerprint density at radius 2 is 1.77 bits per heavy atom. The normalized spacial score (nSPS) is 19.4. The van der Waals surface area contributed by atoms with Crippen molar-refractivity contribution in [3.05, 3.63) is 0 Å². The summed E-state index contributed by atoms with van der Waals surface area (Å²) < 4.78 is 0. The smallest absolute Gasteiger partial charge is 0.00157 e. The summed E-state index contributed by atoms with van der Waals surface area (Å²) in [4.78, 5) is 2.53. The van der Waals surface area contributed by atoms with Crippen molar-refractivity contribution in [2.75, 3.05) is 33.2 Å². The molecule has 1 rings (SSSR count). The summed E-state index contributed by atoms with van der Waals surface area (Å²) in [6, 6.07) is 0. The minimum absolute atomic E-state index is 0.933. The highest BCUT2D eigenvalue weighted by molar-refractivity contribution is 4.72. The summed E-state index contributed by atoms with van der Waals surface area (Å²) in [6.45, 7) is 11.3. The highest BCUT2D eigenvalue weighted by Crippen LogP contribution is 2.15. The van der Waals surface area contributed by atoms with Crippen LogP contribution in [-0.4, -0.2) is 38.1 Å². The van der Waals surface area contributed by atoms with E-state index in [4.69, 9.17) is 0 Å². The Labute approximate surface area is 83.7 Å². The fourth-order valence-electron chi connectivity index (χ4n) is 1.80. The predicted molar refractivity (Wildman–Crippen MR) is 60.1 cm³/mol. The van der Waals surface area contributed by atoms with Crippen molar-refractivity contribution in [2.24, 2.45) is 5.92 Å². The molecule has 0 spiro atoms. The van der Waals surface area contributed by atoms with Crippen LogP contribution in [0.15, 0.2) is 0 Å². The van der Waals surface area contributed by atoms with Gasteiger partial charge in [0.1, 0.15) is 0 Å². The molecule has 0 bridgehead atoms. The van der Waals surface area contributed by atoms with Crippen molar-refractivity contribution in [3.8, 4) is 0 Å². The lowest BCUT2D eigenvalue weighted by molar-refractivity contribution is 0.191. The number of nitrogens with one attached hydrogen (secondary N) is 1. The maximum absolute atomic E-state index is 3.25. The Bertz CT molecular complexity index is 96.3. The molecule has 0 saturated carbocycles. The zero-order valence-corrected chi connectivity index (χ0v) is 9.77. The molecule has 13 heavy (non-hydrogen) atoms. The average molecular weight is 186 g/mol. The molecule has 0 amide bonds. The Morgan fingerprint density at radius 3 is 2.15 bits per heavy atom. The van der Waals surface area contributed by atoms with Gasteiger partial charge in [-0.15, -0.1) is 0 Å². The first-order valence-electron chi connectivity index (χ1n) is 5.73. The third-order valence-corrected chi connectivity index (χ3v) is 2.65. The quantitative estimate of drug-likeness (QED) is 0.725. The molecule has 1 aliphatic rings. The Morgan fingerprint density at radius 1 is 1.23 bits per heavy atom. The molecule has 2 nitrogen and oxygen atoms in total. The zero-order chi connectivity index (χ0) is 10.1. The molecule has 2 heteroatoms. The van der Waals surface area contributed by atoms with Crippen LogP contribution in [0, 0.1) is 5.92 Å². The average Bonchev–Trinajstić information content (AvgIpc) is 2.23. The number of hydrogen-bond acceptors (Lipinski definition) is 2. The molecular formula is C11H26N2. The lowest BCUT2D eigenvalue weighted by atomic mass is 9.97. The van der Waals surface area contributed by atoms with Crippen LogP contribution in [0.4, 0.5) is 0 Å². The van der Waals surface area contributed by atoms with E-state index in [1.165, 1.54) is 39.0 Å². The van der Waals surface area contributed by atoms with Gasteiger partial charge < -0.3 is 10.2 Å². The van der Waals surface area contributed by atoms with Gasteiger partial charge in [0, 0.05) is 0 Å². The highest BCUT2D eigenvalue weighted by Gasteiger charge is 2.16. The van der Waals surface area contributed by atoms with Crippen LogP contribution in [0.3, 0.4) is 0 Å². The maximum atomic E-state index is 3.25. The van der Waals surface area contributed by atoms with Crippen LogP contribution < -0.4 is 5.32 Å². The standard InChI is InChI=1S/C9H20N2.C2H6/c1-3-11-6-4-9(5-7-11)8-10-2;1-2/h9-10H,3-8H2,1-2H3;1-2H3. The Kier molecular flexibility index (Phi) is 8.46. The molecule has 1 N–H and O–H groups in total. The van der Waals surface area contributed by atoms with Gasteiger partial charge in [-0.05, 0) is 52.0 Å². The number of piperidine rings is 1. The molecule has 0 aromatic heterocycles. The maximum Gasteiger partial charge on any atom is -0.00157 e. The van der Waals surface area contributed by atoms with E-state index in [2.05, 4.69) is 17.1 Å². The monoisotopic (exact) mass is 186 g/mol. The lowest BCUT2D eigenvalue weighted by Gasteiger charge is -2.30. The second-order valence-corrected chi connectivity index (χ2v) is 3.44. The molecule has 1 saturated heterocycles. The molecule has 0 aliphatic carbocycles. The summed E-state index contributed by atoms with van der Waals surface area (Å²) in [5.41, 5.74) is 0. The number of hydrogen-bond donors (Lipinski definition) is 1. The topological polar surface area (TPSA) is 15.3 Å². The fourth-order valence-corrected chi connectivity index (χ4v) is 1.80. The van der Waals surface area contributed by atoms with Gasteiger partial charge in [-0.1, -0.05) is 20.8 Å². The minimum Gasteiger partial charge on any atom is -0.319 e. The van der Waals surface area contributed by atoms with Crippen LogP contribution in [0.2, 0.25) is 0 Å². The van der Waals surface area contributed by atoms with Crippen LogP contribution in [0.25, 0.3) is 0 Å². The van der Waals surface area contributed by atoms with E-state index in [0.29, 0.717) is 0 Å². The lowest BCUT2D eigenvalue weighted by Crippen LogP contribution is -2.36. The third-order valence-electron chi connectivity index (χ3n) is 2.65. The molecule has 0 radical (unpaired) electrons. The molecule has 1 heterocycles. The summed E-state index contributed by atoms with van der Waals surface area (Å²) in [5.74, 6) is 0.933. The van der Waals surface area contributed by atoms with Crippen LogP contribution in [0.5, 0.6) is 0 Å². The molecular weight excluding hydrogens is 160 g/mol. The molecule has 0 unspecified atom stereocenters. The summed E-state index contributed by atoms with van der Waals surface area (Å²) in [7, 11) is 2.05. The van der Waals surface area contributed by atoms with Gasteiger partial charge >= 0.3 is 0 Å². The Balaban J connectivity index is 0.000000671. The van der Waals surface area contributed by atoms with Crippen molar-refractivity contribution in [1.29, 1.82) is 0 Å². The molecule has 1 aliphatic heterocycles. The summed E-state index contributed by atoms with van der Waals surface area (Å²) in [5, 5.41) is 3.25. The van der Waals surface area contributed by atoms with E-state index in [1.807, 2.05) is 20.9 Å². The second kappa shape index (κ2) is 8.52. The van der Waals surface area contributed by atoms with Gasteiger partial charge in [-0.2, -0.15) is 0 Å². The first-order chi connectivity index (χ1) is 6.36. The van der Waals surface area contributed by atoms with E-state index in [9.17, 15) is 0 Å². The summed E-state index contributed by atoms with van der Waals surface area (Å²) >= 11 is 0. The van der Waals surface area contributed by atoms with E-state index < -0.39 is 0 Å². The van der Waals surface area contributed by atoms with Gasteiger partial charge in [0.15, 0.2) is 0 Å². The van der Waals surface area contributed by atoms with Crippen molar-refractivity contribution < 1.29 is 0 Å². The van der Waals surface area contributed by atoms with E-state index >= 15 is 0 Å². The third kappa shape index (κ3) is 5.27. The van der Waals surface area contributed by atoms with Crippen LogP contribution >= 0.6 is 0 Å². The molecule has 0 aromatic rings. The van der Waals surface area contributed by atoms with Gasteiger partial charge in [0.05, 0.1) is 0 Å². The van der Waals surface area contributed by atoms with Crippen molar-refractivity contribution in [2.45, 2.75) is 33.6 Å². The van der Waals surface area contributed by atoms with Gasteiger partial charge in [-0.3, -0.25) is 0 Å². The zero-order valence-electron chi connectivity index (χ0n) is 9.77. The SMILES string of the molecule is CC.CCN1CCC(CNC)CC1. The van der Waals surface area contributed by atoms with Crippen LogP contribution in [0.1, 0.15) is 33.6 Å². The number of nitrogens with zero attached hydrogens (tertiary/aromatic N) is 1. The van der Waals surface area contributed by atoms with E-state index in [-0.39, 0.29) is 0 Å². The first-order valence-corrected chi connectivity index (χ1v) is 5.73. The van der Waals surface area contributed by atoms with Crippen molar-refractivity contribution in [1.82, 2.24) is 10.2 Å². The second-order valence-electron chi connectivity index (χ2n) is 3.44. The number of rotatable bonds is 3. The minimum atomic E-state index is 0.933. The fraction of sp³-hybridized carbons (Fsp3) is 1.00. The molecule has 80 valence electrons. The van der Waals surface area contributed by atoms with E-state index in [0.717, 1.165) is 5.92 Å². The van der Waals surface area contributed by atoms with Gasteiger partial charge in [0.25, 0.3) is 0 Å². The Hall–Kier alpha value is -0.0800. The van der Waals surface area contributed by atoms with E-state index in [1.54, 1.807) is 0 Å². The highest BCUT2D eigenvalue weighted by atomic mass is 15.1. The first kappa shape index (κ1) is 12.9. The van der Waals surface area contributed by atoms with Crippen LogP contribution in [-0.2, 0) is 0 Å². The number of likely N-dealkylation sites (tertiary alicyclic amines) is 1. The molecule has 0 atom stereocenters. The van der Waals surface area contributed by atoms with Crippen molar-refractivity contribution >= 4 is 0 Å². The predicted octanol–water partition coefficient (Wildman–Crippen LogP) is 1.96. The van der Waals surface area contributed by atoms with Crippen molar-refractivity contribution in [3.63, 3.8) is 0 Å². The molecule has 1 fully saturated rings. The van der Waals surface area contributed by atoms with Gasteiger partial charge in [-0.25, -0.2) is 0 Å². The molecule has 0 aromatic carbocycles. The largest absolute Gasteiger partial charge is 0.319 e. The summed E-state index contributed by atoms with van der Waals surface area (Å²) in [6.07, 6.45) is 2.77.